The Morgan fingerprint density at radius 3 is 2.90 bits per heavy atom. The van der Waals surface area contributed by atoms with Crippen LogP contribution in [0, 0.1) is 10.1 Å². The second-order valence-electron chi connectivity index (χ2n) is 6.80. The van der Waals surface area contributed by atoms with Gasteiger partial charge in [0.25, 0.3) is 5.69 Å². The van der Waals surface area contributed by atoms with Gasteiger partial charge in [-0.1, -0.05) is 13.3 Å². The van der Waals surface area contributed by atoms with Gasteiger partial charge in [-0.3, -0.25) is 10.1 Å². The fraction of sp³-hybridized carbons (Fsp3) is 0.524. The van der Waals surface area contributed by atoms with Gasteiger partial charge in [-0.2, -0.15) is 0 Å². The molecule has 0 aromatic heterocycles. The maximum absolute atomic E-state index is 11.2. The zero-order chi connectivity index (χ0) is 21.9. The number of nitro groups is 1. The molecule has 1 heterocycles. The summed E-state index contributed by atoms with van der Waals surface area (Å²) in [5.41, 5.74) is 0.443. The molecule has 164 valence electrons. The first-order valence-corrected chi connectivity index (χ1v) is 10.0. The van der Waals surface area contributed by atoms with Gasteiger partial charge in [-0.25, -0.2) is 4.79 Å². The summed E-state index contributed by atoms with van der Waals surface area (Å²) in [4.78, 5) is 21.0. The highest BCUT2D eigenvalue weighted by molar-refractivity contribution is 5.47. The number of nitro benzene ring substituents is 1. The number of aliphatic hydroxyl groups is 1. The van der Waals surface area contributed by atoms with Crippen molar-refractivity contribution in [2.75, 3.05) is 19.8 Å². The quantitative estimate of drug-likeness (QED) is 0.174. The number of hydrogen-bond donors (Lipinski definition) is 2. The number of aliphatic hydroxyl groups excluding tert-OH is 1. The van der Waals surface area contributed by atoms with Gasteiger partial charge in [0.05, 0.1) is 24.1 Å². The van der Waals surface area contributed by atoms with Crippen LogP contribution in [-0.4, -0.2) is 47.9 Å². The van der Waals surface area contributed by atoms with Crippen molar-refractivity contribution in [1.82, 2.24) is 5.32 Å². The minimum absolute atomic E-state index is 0.0636. The van der Waals surface area contributed by atoms with Crippen molar-refractivity contribution in [1.29, 1.82) is 0 Å². The Bertz CT molecular complexity index is 790. The highest BCUT2D eigenvalue weighted by atomic mass is 16.6. The van der Waals surface area contributed by atoms with Crippen LogP contribution in [-0.2, 0) is 14.3 Å². The van der Waals surface area contributed by atoms with Gasteiger partial charge in [0.1, 0.15) is 42.5 Å². The highest BCUT2D eigenvalue weighted by Crippen LogP contribution is 2.38. The zero-order valence-electron chi connectivity index (χ0n) is 17.2. The van der Waals surface area contributed by atoms with E-state index in [4.69, 9.17) is 14.2 Å². The first-order chi connectivity index (χ1) is 14.5. The lowest BCUT2D eigenvalue weighted by atomic mass is 9.91. The first-order valence-electron chi connectivity index (χ1n) is 10.0. The van der Waals surface area contributed by atoms with Crippen LogP contribution in [0.5, 0.6) is 5.75 Å². The Morgan fingerprint density at radius 2 is 2.23 bits per heavy atom. The molecule has 30 heavy (non-hydrogen) atoms. The lowest BCUT2D eigenvalue weighted by Gasteiger charge is -2.37. The fourth-order valence-corrected chi connectivity index (χ4v) is 3.24. The number of hydrogen-bond acceptors (Lipinski definition) is 8. The molecule has 0 bridgehead atoms. The molecule has 1 aromatic rings. The summed E-state index contributed by atoms with van der Waals surface area (Å²) in [6.45, 7) is 4.55. The Hall–Kier alpha value is -2.87. The smallest absolute Gasteiger partial charge is 0.270 e. The first kappa shape index (κ1) is 23.4. The van der Waals surface area contributed by atoms with Crippen LogP contribution in [0.1, 0.15) is 44.7 Å². The van der Waals surface area contributed by atoms with E-state index in [-0.39, 0.29) is 18.8 Å². The lowest BCUT2D eigenvalue weighted by molar-refractivity contribution is -0.385. The molecule has 0 fully saturated rings. The Kier molecular flexibility index (Phi) is 9.34. The average molecular weight is 420 g/mol. The van der Waals surface area contributed by atoms with Crippen LogP contribution in [0.25, 0.3) is 0 Å². The van der Waals surface area contributed by atoms with Gasteiger partial charge >= 0.3 is 0 Å². The summed E-state index contributed by atoms with van der Waals surface area (Å²) >= 11 is 0. The number of ether oxygens (including phenoxy) is 3. The molecule has 0 amide bonds. The predicted octanol–water partition coefficient (Wildman–Crippen LogP) is 2.82. The van der Waals surface area contributed by atoms with Crippen LogP contribution in [0.2, 0.25) is 0 Å². The van der Waals surface area contributed by atoms with Gasteiger partial charge < -0.3 is 24.6 Å². The summed E-state index contributed by atoms with van der Waals surface area (Å²) in [5.74, 6) is 2.60. The van der Waals surface area contributed by atoms with Gasteiger partial charge in [0.2, 0.25) is 0 Å². The summed E-state index contributed by atoms with van der Waals surface area (Å²) < 4.78 is 16.7. The third-order valence-corrected chi connectivity index (χ3v) is 4.69. The van der Waals surface area contributed by atoms with E-state index in [9.17, 15) is 20.0 Å². The van der Waals surface area contributed by atoms with Crippen LogP contribution in [0.4, 0.5) is 5.69 Å². The van der Waals surface area contributed by atoms with Crippen molar-refractivity contribution in [3.05, 3.63) is 52.0 Å². The topological polar surface area (TPSA) is 120 Å². The second-order valence-corrected chi connectivity index (χ2v) is 6.80. The number of benzene rings is 1. The minimum Gasteiger partial charge on any atom is -0.494 e. The molecular formula is C21H28N2O7. The molecule has 0 saturated carbocycles. The molecule has 2 N–H and O–H groups in total. The number of nitrogens with zero attached hydrogens (tertiary/aromatic N) is 1. The molecular weight excluding hydrogens is 392 g/mol. The van der Waals surface area contributed by atoms with Crippen molar-refractivity contribution in [3.63, 3.8) is 0 Å². The largest absolute Gasteiger partial charge is 0.494 e. The monoisotopic (exact) mass is 420 g/mol. The molecule has 0 spiro atoms. The SMILES string of the molecule is CCCC[C@@H]1Oc2ccc([N+](=O)[O-])cc2C(NCC(=COCC=C=O)OCC)[C@H]1O. The van der Waals surface area contributed by atoms with Gasteiger partial charge in [0.15, 0.2) is 0 Å². The van der Waals surface area contributed by atoms with Crippen molar-refractivity contribution in [2.24, 2.45) is 0 Å². The summed E-state index contributed by atoms with van der Waals surface area (Å²) in [6, 6.07) is 3.79. The van der Waals surface area contributed by atoms with Crippen LogP contribution >= 0.6 is 0 Å². The van der Waals surface area contributed by atoms with E-state index >= 15 is 0 Å². The second kappa shape index (κ2) is 12.0. The predicted molar refractivity (Wildman–Crippen MR) is 110 cm³/mol. The lowest BCUT2D eigenvalue weighted by Crippen LogP contribution is -2.46. The molecule has 9 heteroatoms. The zero-order valence-corrected chi connectivity index (χ0v) is 17.2. The molecule has 1 unspecified atom stereocenters. The van der Waals surface area contributed by atoms with E-state index in [0.717, 1.165) is 12.8 Å². The molecule has 9 nitrogen and oxygen atoms in total. The van der Waals surface area contributed by atoms with Crippen molar-refractivity contribution < 1.29 is 29.0 Å². The Morgan fingerprint density at radius 1 is 1.43 bits per heavy atom. The van der Waals surface area contributed by atoms with E-state index in [0.29, 0.717) is 30.1 Å². The van der Waals surface area contributed by atoms with Gasteiger partial charge in [0, 0.05) is 23.8 Å². The number of nitrogens with one attached hydrogen (secondary N) is 1. The van der Waals surface area contributed by atoms with Crippen molar-refractivity contribution in [2.45, 2.75) is 51.4 Å². The molecule has 3 atom stereocenters. The van der Waals surface area contributed by atoms with Crippen molar-refractivity contribution >= 4 is 11.6 Å². The van der Waals surface area contributed by atoms with Crippen LogP contribution < -0.4 is 10.1 Å². The van der Waals surface area contributed by atoms with E-state index in [2.05, 4.69) is 12.2 Å². The average Bonchev–Trinajstić information content (AvgIpc) is 2.74. The number of unbranched alkanes of at least 4 members (excludes halogenated alkanes) is 1. The molecule has 1 aliphatic heterocycles. The maximum atomic E-state index is 11.2. The molecule has 0 radical (unpaired) electrons. The standard InChI is InChI=1S/C21H28N2O7/c1-3-5-7-19-21(25)20(17-12-15(23(26)27)8-9-18(17)30-19)22-13-16(29-4-2)14-28-11-6-10-24/h6,8-9,12,14,19-22,25H,3-5,7,11,13H2,1-2H3/t19-,20?,21-/m0/s1. The van der Waals surface area contributed by atoms with Gasteiger partial charge in [-0.15, -0.1) is 0 Å². The third kappa shape index (κ3) is 6.32. The van der Waals surface area contributed by atoms with E-state index in [1.54, 1.807) is 12.0 Å². The molecule has 0 aliphatic carbocycles. The minimum atomic E-state index is -0.896. The Balaban J connectivity index is 2.24. The molecule has 0 saturated heterocycles. The number of fused-ring (bicyclic) bond motifs is 1. The Labute approximate surface area is 175 Å². The van der Waals surface area contributed by atoms with Gasteiger partial charge in [-0.05, 0) is 25.8 Å². The molecule has 1 aliphatic rings. The number of carbonyl (C=O) groups excluding carboxylic acids is 1. The maximum Gasteiger partial charge on any atom is 0.270 e. The summed E-state index contributed by atoms with van der Waals surface area (Å²) in [7, 11) is 0. The molecule has 2 rings (SSSR count). The van der Waals surface area contributed by atoms with Crippen molar-refractivity contribution in [3.8, 4) is 5.75 Å². The van der Waals surface area contributed by atoms with Crippen LogP contribution in [0.3, 0.4) is 0 Å². The van der Waals surface area contributed by atoms with E-state index in [1.807, 2.05) is 6.92 Å². The normalized spacial score (nSPS) is 20.5. The summed E-state index contributed by atoms with van der Waals surface area (Å²) in [6.07, 6.45) is 3.78. The van der Waals surface area contributed by atoms with E-state index in [1.165, 1.54) is 24.5 Å². The van der Waals surface area contributed by atoms with E-state index < -0.39 is 23.2 Å². The summed E-state index contributed by atoms with van der Waals surface area (Å²) in [5, 5.41) is 25.3. The van der Waals surface area contributed by atoms with Crippen LogP contribution in [0.15, 0.2) is 36.3 Å². The number of non-ortho nitro benzene ring substituents is 1. The highest BCUT2D eigenvalue weighted by Gasteiger charge is 2.37. The number of rotatable bonds is 12. The molecule has 1 aromatic carbocycles. The fourth-order valence-electron chi connectivity index (χ4n) is 3.24. The third-order valence-electron chi connectivity index (χ3n) is 4.69.